The van der Waals surface area contributed by atoms with Crippen LogP contribution >= 0.6 is 24.0 Å². The van der Waals surface area contributed by atoms with Crippen LogP contribution in [0.15, 0.2) is 23.2 Å². The number of rotatable bonds is 11. The molecule has 1 fully saturated rings. The zero-order chi connectivity index (χ0) is 21.8. The molecule has 0 saturated carbocycles. The third kappa shape index (κ3) is 10.9. The molecule has 0 amide bonds. The Morgan fingerprint density at radius 1 is 1.16 bits per heavy atom. The summed E-state index contributed by atoms with van der Waals surface area (Å²) < 4.78 is 29.1. The molecule has 1 aliphatic heterocycles. The summed E-state index contributed by atoms with van der Waals surface area (Å²) >= 11 is 0. The molecular formula is C22H39IN4O3S. The summed E-state index contributed by atoms with van der Waals surface area (Å²) in [5, 5.41) is 6.66. The maximum absolute atomic E-state index is 11.5. The normalized spacial score (nSPS) is 16.4. The van der Waals surface area contributed by atoms with Gasteiger partial charge in [-0.1, -0.05) is 38.3 Å². The van der Waals surface area contributed by atoms with Crippen LogP contribution in [0.2, 0.25) is 0 Å². The molecule has 2 N–H and O–H groups in total. The SMILES string of the molecule is CCCCCCOc1cc(C)ccc1CNC(=NC)NCCN1CCS(=O)(=O)CC1.I. The van der Waals surface area contributed by atoms with Crippen molar-refractivity contribution in [2.75, 3.05) is 51.3 Å². The van der Waals surface area contributed by atoms with Gasteiger partial charge in [0.25, 0.3) is 0 Å². The summed E-state index contributed by atoms with van der Waals surface area (Å²) in [4.78, 5) is 6.46. The second-order valence-electron chi connectivity index (χ2n) is 7.87. The van der Waals surface area contributed by atoms with Gasteiger partial charge in [-0.25, -0.2) is 8.42 Å². The minimum Gasteiger partial charge on any atom is -0.493 e. The Labute approximate surface area is 205 Å². The van der Waals surface area contributed by atoms with E-state index in [1.165, 1.54) is 24.8 Å². The Kier molecular flexibility index (Phi) is 13.4. The Hall–Kier alpha value is -1.07. The first-order chi connectivity index (χ1) is 14.4. The van der Waals surface area contributed by atoms with Gasteiger partial charge < -0.3 is 15.4 Å². The van der Waals surface area contributed by atoms with Crippen molar-refractivity contribution < 1.29 is 13.2 Å². The van der Waals surface area contributed by atoms with Crippen LogP contribution in [0.5, 0.6) is 5.75 Å². The van der Waals surface area contributed by atoms with Crippen molar-refractivity contribution in [3.05, 3.63) is 29.3 Å². The molecular weight excluding hydrogens is 527 g/mol. The fourth-order valence-electron chi connectivity index (χ4n) is 3.36. The van der Waals surface area contributed by atoms with Gasteiger partial charge in [0.15, 0.2) is 15.8 Å². The van der Waals surface area contributed by atoms with Gasteiger partial charge in [0.2, 0.25) is 0 Å². The quantitative estimate of drug-likeness (QED) is 0.186. The molecule has 0 unspecified atom stereocenters. The number of aliphatic imine (C=N–C) groups is 1. The van der Waals surface area contributed by atoms with Crippen LogP contribution in [-0.4, -0.2) is 70.6 Å². The molecule has 0 aliphatic carbocycles. The van der Waals surface area contributed by atoms with Gasteiger partial charge in [0, 0.05) is 45.3 Å². The van der Waals surface area contributed by atoms with E-state index < -0.39 is 9.84 Å². The van der Waals surface area contributed by atoms with E-state index in [2.05, 4.69) is 52.6 Å². The Morgan fingerprint density at radius 3 is 2.58 bits per heavy atom. The van der Waals surface area contributed by atoms with Crippen LogP contribution in [0.4, 0.5) is 0 Å². The monoisotopic (exact) mass is 566 g/mol. The number of sulfone groups is 1. The van der Waals surface area contributed by atoms with Crippen molar-refractivity contribution in [1.29, 1.82) is 0 Å². The smallest absolute Gasteiger partial charge is 0.191 e. The van der Waals surface area contributed by atoms with E-state index in [4.69, 9.17) is 4.74 Å². The number of nitrogens with zero attached hydrogens (tertiary/aromatic N) is 2. The highest BCUT2D eigenvalue weighted by molar-refractivity contribution is 14.0. The van der Waals surface area contributed by atoms with E-state index in [1.54, 1.807) is 7.05 Å². The number of hydrogen-bond donors (Lipinski definition) is 2. The molecule has 0 radical (unpaired) electrons. The highest BCUT2D eigenvalue weighted by atomic mass is 127. The van der Waals surface area contributed by atoms with Crippen molar-refractivity contribution >= 4 is 39.8 Å². The fourth-order valence-corrected chi connectivity index (χ4v) is 4.64. The van der Waals surface area contributed by atoms with Crippen LogP contribution in [0, 0.1) is 6.92 Å². The van der Waals surface area contributed by atoms with Crippen LogP contribution in [0.25, 0.3) is 0 Å². The van der Waals surface area contributed by atoms with Crippen LogP contribution in [0.1, 0.15) is 43.7 Å². The lowest BCUT2D eigenvalue weighted by atomic mass is 10.1. The summed E-state index contributed by atoms with van der Waals surface area (Å²) in [5.74, 6) is 2.18. The lowest BCUT2D eigenvalue weighted by Crippen LogP contribution is -2.45. The van der Waals surface area contributed by atoms with Crippen LogP contribution in [0.3, 0.4) is 0 Å². The molecule has 9 heteroatoms. The van der Waals surface area contributed by atoms with Crippen LogP contribution < -0.4 is 15.4 Å². The van der Waals surface area contributed by atoms with E-state index in [0.717, 1.165) is 36.8 Å². The number of unbranched alkanes of at least 4 members (excludes halogenated alkanes) is 3. The molecule has 178 valence electrons. The summed E-state index contributed by atoms with van der Waals surface area (Å²) in [6, 6.07) is 6.30. The number of hydrogen-bond acceptors (Lipinski definition) is 5. The number of aryl methyl sites for hydroxylation is 1. The highest BCUT2D eigenvalue weighted by Gasteiger charge is 2.20. The Balaban J connectivity index is 0.00000480. The predicted octanol–water partition coefficient (Wildman–Crippen LogP) is 2.97. The molecule has 0 atom stereocenters. The highest BCUT2D eigenvalue weighted by Crippen LogP contribution is 2.21. The average molecular weight is 567 g/mol. The van der Waals surface area contributed by atoms with Gasteiger partial charge in [-0.2, -0.15) is 0 Å². The lowest BCUT2D eigenvalue weighted by molar-refractivity contribution is 0.299. The Morgan fingerprint density at radius 2 is 1.90 bits per heavy atom. The molecule has 1 saturated heterocycles. The maximum Gasteiger partial charge on any atom is 0.191 e. The van der Waals surface area contributed by atoms with Gasteiger partial charge >= 0.3 is 0 Å². The molecule has 7 nitrogen and oxygen atoms in total. The second-order valence-corrected chi connectivity index (χ2v) is 10.2. The van der Waals surface area contributed by atoms with Gasteiger partial charge in [0.1, 0.15) is 5.75 Å². The van der Waals surface area contributed by atoms with Gasteiger partial charge in [-0.3, -0.25) is 9.89 Å². The molecule has 0 aromatic heterocycles. The number of ether oxygens (including phenoxy) is 1. The maximum atomic E-state index is 11.5. The summed E-state index contributed by atoms with van der Waals surface area (Å²) in [6.07, 6.45) is 4.76. The number of halogens is 1. The first-order valence-corrected chi connectivity index (χ1v) is 12.9. The molecule has 1 aromatic rings. The molecule has 31 heavy (non-hydrogen) atoms. The summed E-state index contributed by atoms with van der Waals surface area (Å²) in [5.41, 5.74) is 2.30. The topological polar surface area (TPSA) is 83.0 Å². The largest absolute Gasteiger partial charge is 0.493 e. The summed E-state index contributed by atoms with van der Waals surface area (Å²) in [6.45, 7) is 8.40. The molecule has 0 spiro atoms. The molecule has 2 rings (SSSR count). The summed E-state index contributed by atoms with van der Waals surface area (Å²) in [7, 11) is -1.08. The first-order valence-electron chi connectivity index (χ1n) is 11.0. The van der Waals surface area contributed by atoms with Crippen LogP contribution in [-0.2, 0) is 16.4 Å². The van der Waals surface area contributed by atoms with Gasteiger partial charge in [-0.15, -0.1) is 24.0 Å². The molecule has 0 bridgehead atoms. The van der Waals surface area contributed by atoms with Gasteiger partial charge in [0.05, 0.1) is 18.1 Å². The zero-order valence-corrected chi connectivity index (χ0v) is 22.3. The van der Waals surface area contributed by atoms with E-state index in [-0.39, 0.29) is 35.5 Å². The lowest BCUT2D eigenvalue weighted by Gasteiger charge is -2.26. The Bertz CT molecular complexity index is 773. The van der Waals surface area contributed by atoms with Crippen molar-refractivity contribution in [3.8, 4) is 5.75 Å². The predicted molar refractivity (Wildman–Crippen MR) is 140 cm³/mol. The van der Waals surface area contributed by atoms with Crippen molar-refractivity contribution in [2.45, 2.75) is 46.1 Å². The van der Waals surface area contributed by atoms with E-state index in [9.17, 15) is 8.42 Å². The fraction of sp³-hybridized carbons (Fsp3) is 0.682. The first kappa shape index (κ1) is 28.0. The second kappa shape index (κ2) is 14.9. The average Bonchev–Trinajstić information content (AvgIpc) is 2.72. The van der Waals surface area contributed by atoms with Crippen molar-refractivity contribution in [3.63, 3.8) is 0 Å². The number of nitrogens with one attached hydrogen (secondary N) is 2. The molecule has 1 heterocycles. The third-order valence-electron chi connectivity index (χ3n) is 5.31. The number of benzene rings is 1. The minimum absolute atomic E-state index is 0. The van der Waals surface area contributed by atoms with E-state index in [0.29, 0.717) is 26.2 Å². The molecule has 1 aliphatic rings. The van der Waals surface area contributed by atoms with Crippen molar-refractivity contribution in [1.82, 2.24) is 15.5 Å². The molecule has 1 aromatic carbocycles. The number of guanidine groups is 1. The van der Waals surface area contributed by atoms with E-state index in [1.807, 2.05) is 0 Å². The standard InChI is InChI=1S/C22H38N4O3S.HI/c1-4-5-6-7-14-29-21-17-19(2)8-9-20(21)18-25-22(23-3)24-10-11-26-12-15-30(27,28)16-13-26;/h8-9,17H,4-7,10-16,18H2,1-3H3,(H2,23,24,25);1H. The van der Waals surface area contributed by atoms with E-state index >= 15 is 0 Å². The van der Waals surface area contributed by atoms with Gasteiger partial charge in [-0.05, 0) is 25.0 Å². The zero-order valence-electron chi connectivity index (χ0n) is 19.2. The van der Waals surface area contributed by atoms with Crippen molar-refractivity contribution in [2.24, 2.45) is 4.99 Å². The third-order valence-corrected chi connectivity index (χ3v) is 6.91. The minimum atomic E-state index is -2.83.